The van der Waals surface area contributed by atoms with Crippen LogP contribution in [0.15, 0.2) is 77.8 Å². The van der Waals surface area contributed by atoms with Crippen molar-refractivity contribution < 1.29 is 27.5 Å². The lowest BCUT2D eigenvalue weighted by Crippen LogP contribution is -2.36. The van der Waals surface area contributed by atoms with Crippen molar-refractivity contribution in [3.05, 3.63) is 78.5 Å². The van der Waals surface area contributed by atoms with Gasteiger partial charge in [0.1, 0.15) is 11.3 Å². The average Bonchev–Trinajstić information content (AvgIpc) is 3.57. The molecular weight excluding hydrogens is 467 g/mol. The van der Waals surface area contributed by atoms with Crippen LogP contribution in [-0.4, -0.2) is 32.9 Å². The van der Waals surface area contributed by atoms with E-state index in [0.29, 0.717) is 24.5 Å². The van der Waals surface area contributed by atoms with Crippen LogP contribution in [0.5, 0.6) is 11.6 Å². The van der Waals surface area contributed by atoms with Crippen LogP contribution in [0.2, 0.25) is 0 Å². The van der Waals surface area contributed by atoms with E-state index in [1.54, 1.807) is 30.5 Å². The van der Waals surface area contributed by atoms with Crippen LogP contribution in [0.1, 0.15) is 18.4 Å². The first kappa shape index (κ1) is 22.3. The molecule has 6 nitrogen and oxygen atoms in total. The number of urea groups is 1. The second kappa shape index (κ2) is 8.35. The third-order valence-electron chi connectivity index (χ3n) is 5.70. The summed E-state index contributed by atoms with van der Waals surface area (Å²) >= 11 is -0.247. The van der Waals surface area contributed by atoms with Gasteiger partial charge in [-0.25, -0.2) is 14.7 Å². The first-order valence-corrected chi connectivity index (χ1v) is 11.3. The predicted molar refractivity (Wildman–Crippen MR) is 119 cm³/mol. The standard InChI is InChI=1S/C24H18F3N3O3S/c25-24(26,27)34-19-8-6-17(7-9-19)30-21(31)23(11-12-23)29(22(30)32)15-16-10-13-28-20(14-16)33-18-4-2-1-3-5-18/h1-10,13-14H,11-12,15H2. The molecule has 1 aliphatic carbocycles. The molecule has 34 heavy (non-hydrogen) atoms. The number of hydrogen-bond donors (Lipinski definition) is 0. The lowest BCUT2D eigenvalue weighted by Gasteiger charge is -2.21. The van der Waals surface area contributed by atoms with Gasteiger partial charge in [0.2, 0.25) is 5.88 Å². The number of aromatic nitrogens is 1. The molecule has 1 saturated carbocycles. The van der Waals surface area contributed by atoms with Gasteiger partial charge in [0, 0.05) is 23.7 Å². The maximum absolute atomic E-state index is 13.3. The normalized spacial score (nSPS) is 16.9. The Kier molecular flexibility index (Phi) is 5.47. The number of pyridine rings is 1. The number of ether oxygens (including phenoxy) is 1. The Morgan fingerprint density at radius 2 is 1.71 bits per heavy atom. The van der Waals surface area contributed by atoms with Gasteiger partial charge in [0.05, 0.1) is 5.69 Å². The average molecular weight is 485 g/mol. The molecule has 10 heteroatoms. The number of imide groups is 1. The summed E-state index contributed by atoms with van der Waals surface area (Å²) in [6.45, 7) is 0.177. The molecule has 3 amide bonds. The van der Waals surface area contributed by atoms with E-state index in [0.717, 1.165) is 10.5 Å². The first-order chi connectivity index (χ1) is 16.2. The minimum atomic E-state index is -4.41. The molecule has 1 aromatic heterocycles. The zero-order chi connectivity index (χ0) is 23.9. The van der Waals surface area contributed by atoms with Crippen molar-refractivity contribution in [3.63, 3.8) is 0 Å². The molecule has 2 heterocycles. The van der Waals surface area contributed by atoms with Gasteiger partial charge in [-0.1, -0.05) is 18.2 Å². The summed E-state index contributed by atoms with van der Waals surface area (Å²) in [6.07, 6.45) is 2.65. The van der Waals surface area contributed by atoms with E-state index in [4.69, 9.17) is 4.74 Å². The Bertz CT molecular complexity index is 1230. The maximum atomic E-state index is 13.3. The predicted octanol–water partition coefficient (Wildman–Crippen LogP) is 5.99. The molecule has 0 unspecified atom stereocenters. The molecule has 1 aliphatic heterocycles. The van der Waals surface area contributed by atoms with E-state index >= 15 is 0 Å². The topological polar surface area (TPSA) is 62.7 Å². The zero-order valence-corrected chi connectivity index (χ0v) is 18.5. The van der Waals surface area contributed by atoms with E-state index < -0.39 is 17.1 Å². The summed E-state index contributed by atoms with van der Waals surface area (Å²) in [4.78, 5) is 33.2. The molecule has 2 aromatic carbocycles. The van der Waals surface area contributed by atoms with Gasteiger partial charge in [-0.3, -0.25) is 4.79 Å². The molecule has 3 aromatic rings. The minimum absolute atomic E-state index is 0.0175. The molecule has 0 atom stereocenters. The number of benzene rings is 2. The summed E-state index contributed by atoms with van der Waals surface area (Å²) < 4.78 is 43.6. The number of nitrogens with zero attached hydrogens (tertiary/aromatic N) is 3. The zero-order valence-electron chi connectivity index (χ0n) is 17.7. The monoisotopic (exact) mass is 485 g/mol. The number of carbonyl (C=O) groups is 2. The summed E-state index contributed by atoms with van der Waals surface area (Å²) in [6, 6.07) is 17.4. The Hall–Kier alpha value is -3.53. The van der Waals surface area contributed by atoms with E-state index in [-0.39, 0.29) is 34.8 Å². The molecule has 174 valence electrons. The molecule has 0 bridgehead atoms. The summed E-state index contributed by atoms with van der Waals surface area (Å²) in [7, 11) is 0. The van der Waals surface area contributed by atoms with Crippen LogP contribution >= 0.6 is 11.8 Å². The largest absolute Gasteiger partial charge is 0.446 e. The van der Waals surface area contributed by atoms with Crippen molar-refractivity contribution in [1.29, 1.82) is 0 Å². The highest BCUT2D eigenvalue weighted by molar-refractivity contribution is 8.00. The van der Waals surface area contributed by atoms with Crippen LogP contribution in [0.4, 0.5) is 23.7 Å². The van der Waals surface area contributed by atoms with Crippen molar-refractivity contribution in [2.75, 3.05) is 4.90 Å². The number of amides is 3. The van der Waals surface area contributed by atoms with Crippen molar-refractivity contribution in [3.8, 4) is 11.6 Å². The van der Waals surface area contributed by atoms with Crippen molar-refractivity contribution in [2.45, 2.75) is 35.3 Å². The van der Waals surface area contributed by atoms with Gasteiger partial charge in [-0.2, -0.15) is 13.2 Å². The summed E-state index contributed by atoms with van der Waals surface area (Å²) in [5.41, 5.74) is -4.34. The van der Waals surface area contributed by atoms with Gasteiger partial charge in [-0.05, 0) is 72.6 Å². The Labute approximate surface area is 197 Å². The second-order valence-corrected chi connectivity index (χ2v) is 9.14. The first-order valence-electron chi connectivity index (χ1n) is 10.4. The number of rotatable bonds is 6. The number of para-hydroxylation sites is 1. The number of carbonyl (C=O) groups excluding carboxylic acids is 2. The lowest BCUT2D eigenvalue weighted by molar-refractivity contribution is -0.120. The summed E-state index contributed by atoms with van der Waals surface area (Å²) in [5.74, 6) is 0.626. The molecule has 5 rings (SSSR count). The van der Waals surface area contributed by atoms with E-state index in [1.165, 1.54) is 29.2 Å². The molecule has 1 spiro atoms. The highest BCUT2D eigenvalue weighted by Gasteiger charge is 2.65. The van der Waals surface area contributed by atoms with Gasteiger partial charge in [-0.15, -0.1) is 0 Å². The third kappa shape index (κ3) is 4.33. The van der Waals surface area contributed by atoms with Crippen LogP contribution in [0.3, 0.4) is 0 Å². The van der Waals surface area contributed by atoms with Crippen molar-refractivity contribution in [1.82, 2.24) is 9.88 Å². The maximum Gasteiger partial charge on any atom is 0.446 e. The quantitative estimate of drug-likeness (QED) is 0.317. The van der Waals surface area contributed by atoms with Gasteiger partial charge >= 0.3 is 11.5 Å². The molecule has 2 aliphatic rings. The van der Waals surface area contributed by atoms with E-state index in [9.17, 15) is 22.8 Å². The number of halogens is 3. The Morgan fingerprint density at radius 3 is 2.35 bits per heavy atom. The molecule has 0 N–H and O–H groups in total. The third-order valence-corrected chi connectivity index (χ3v) is 6.44. The number of hydrogen-bond acceptors (Lipinski definition) is 5. The Balaban J connectivity index is 1.35. The van der Waals surface area contributed by atoms with Crippen molar-refractivity contribution in [2.24, 2.45) is 0 Å². The highest BCUT2D eigenvalue weighted by Crippen LogP contribution is 2.50. The number of anilines is 1. The summed E-state index contributed by atoms with van der Waals surface area (Å²) in [5, 5.41) is 0. The fourth-order valence-electron chi connectivity index (χ4n) is 3.96. The lowest BCUT2D eigenvalue weighted by atomic mass is 10.2. The van der Waals surface area contributed by atoms with Crippen molar-refractivity contribution >= 4 is 29.4 Å². The highest BCUT2D eigenvalue weighted by atomic mass is 32.2. The SMILES string of the molecule is O=C1N(c2ccc(SC(F)(F)F)cc2)C(=O)C2(CC2)N1Cc1ccnc(Oc2ccccc2)c1. The Morgan fingerprint density at radius 1 is 1.00 bits per heavy atom. The number of thioether (sulfide) groups is 1. The van der Waals surface area contributed by atoms with Crippen LogP contribution in [0, 0.1) is 0 Å². The fourth-order valence-corrected chi connectivity index (χ4v) is 4.50. The fraction of sp³-hybridized carbons (Fsp3) is 0.208. The van der Waals surface area contributed by atoms with Crippen LogP contribution < -0.4 is 9.64 Å². The molecular formula is C24H18F3N3O3S. The van der Waals surface area contributed by atoms with E-state index in [1.807, 2.05) is 18.2 Å². The second-order valence-electron chi connectivity index (χ2n) is 8.00. The minimum Gasteiger partial charge on any atom is -0.439 e. The molecule has 1 saturated heterocycles. The van der Waals surface area contributed by atoms with Gasteiger partial charge < -0.3 is 9.64 Å². The van der Waals surface area contributed by atoms with Crippen LogP contribution in [0.25, 0.3) is 0 Å². The van der Waals surface area contributed by atoms with Crippen LogP contribution in [-0.2, 0) is 11.3 Å². The van der Waals surface area contributed by atoms with Gasteiger partial charge in [0.25, 0.3) is 5.91 Å². The number of alkyl halides is 3. The molecule has 0 radical (unpaired) electrons. The van der Waals surface area contributed by atoms with Gasteiger partial charge in [0.15, 0.2) is 0 Å². The smallest absolute Gasteiger partial charge is 0.439 e. The van der Waals surface area contributed by atoms with E-state index in [2.05, 4.69) is 4.98 Å². The molecule has 2 fully saturated rings.